The average molecular weight is 324 g/mol. The summed E-state index contributed by atoms with van der Waals surface area (Å²) in [5.41, 5.74) is 2.42. The van der Waals surface area contributed by atoms with Crippen molar-refractivity contribution in [3.63, 3.8) is 0 Å². The van der Waals surface area contributed by atoms with Crippen molar-refractivity contribution in [3.8, 4) is 0 Å². The lowest BCUT2D eigenvalue weighted by Gasteiger charge is -2.17. The van der Waals surface area contributed by atoms with Gasteiger partial charge >= 0.3 is 6.03 Å². The number of benzene rings is 2. The highest BCUT2D eigenvalue weighted by molar-refractivity contribution is 5.75. The van der Waals surface area contributed by atoms with Crippen LogP contribution < -0.4 is 10.6 Å². The zero-order valence-electron chi connectivity index (χ0n) is 13.7. The van der Waals surface area contributed by atoms with Gasteiger partial charge < -0.3 is 15.7 Å². The Morgan fingerprint density at radius 3 is 2.42 bits per heavy atom. The Morgan fingerprint density at radius 2 is 1.75 bits per heavy atom. The molecule has 0 aromatic heterocycles. The molecule has 1 fully saturated rings. The fraction of sp³-hybridized carbons (Fsp3) is 0.350. The number of rotatable bonds is 7. The van der Waals surface area contributed by atoms with Crippen LogP contribution in [0.15, 0.2) is 60.7 Å². The first kappa shape index (κ1) is 16.5. The predicted molar refractivity (Wildman–Crippen MR) is 95.0 cm³/mol. The highest BCUT2D eigenvalue weighted by Crippen LogP contribution is 2.40. The Hall–Kier alpha value is -2.33. The molecule has 4 nitrogen and oxygen atoms in total. The molecule has 2 aromatic carbocycles. The van der Waals surface area contributed by atoms with Crippen LogP contribution in [-0.4, -0.2) is 30.3 Å². The number of nitrogens with one attached hydrogen (secondary N) is 2. The van der Waals surface area contributed by atoms with Gasteiger partial charge in [-0.1, -0.05) is 60.7 Å². The van der Waals surface area contributed by atoms with Gasteiger partial charge in [-0.2, -0.15) is 0 Å². The van der Waals surface area contributed by atoms with Crippen molar-refractivity contribution in [2.45, 2.75) is 30.7 Å². The summed E-state index contributed by atoms with van der Waals surface area (Å²) in [5.74, 6) is 0.561. The quantitative estimate of drug-likeness (QED) is 0.733. The van der Waals surface area contributed by atoms with E-state index in [4.69, 9.17) is 0 Å². The third-order valence-electron chi connectivity index (χ3n) is 4.59. The Kier molecular flexibility index (Phi) is 5.49. The van der Waals surface area contributed by atoms with E-state index >= 15 is 0 Å². The molecule has 3 unspecified atom stereocenters. The van der Waals surface area contributed by atoms with Crippen molar-refractivity contribution in [1.82, 2.24) is 10.6 Å². The van der Waals surface area contributed by atoms with E-state index < -0.39 is 0 Å². The first-order valence-electron chi connectivity index (χ1n) is 8.53. The third-order valence-corrected chi connectivity index (χ3v) is 4.59. The molecule has 1 aliphatic carbocycles. The number of hydrogen-bond donors (Lipinski definition) is 3. The molecule has 0 aliphatic heterocycles. The zero-order valence-corrected chi connectivity index (χ0v) is 13.7. The molecule has 3 atom stereocenters. The van der Waals surface area contributed by atoms with E-state index in [1.165, 1.54) is 5.56 Å². The minimum Gasteiger partial charge on any atom is -0.396 e. The predicted octanol–water partition coefficient (Wildman–Crippen LogP) is 3.01. The number of aliphatic hydroxyl groups excluding tert-OH is 1. The fourth-order valence-corrected chi connectivity index (χ4v) is 3.13. The molecule has 0 heterocycles. The van der Waals surface area contributed by atoms with E-state index in [1.54, 1.807) is 0 Å². The van der Waals surface area contributed by atoms with Crippen molar-refractivity contribution in [2.75, 3.05) is 13.2 Å². The Balaban J connectivity index is 1.47. The average Bonchev–Trinajstić information content (AvgIpc) is 3.39. The van der Waals surface area contributed by atoms with E-state index in [2.05, 4.69) is 22.8 Å². The molecule has 1 aliphatic rings. The molecule has 0 radical (unpaired) electrons. The summed E-state index contributed by atoms with van der Waals surface area (Å²) in [7, 11) is 0. The van der Waals surface area contributed by atoms with Gasteiger partial charge in [0.15, 0.2) is 0 Å². The second-order valence-electron chi connectivity index (χ2n) is 6.33. The molecule has 3 rings (SSSR count). The minimum absolute atomic E-state index is 0.113. The Morgan fingerprint density at radius 1 is 1.08 bits per heavy atom. The summed E-state index contributed by atoms with van der Waals surface area (Å²) in [4.78, 5) is 12.1. The summed E-state index contributed by atoms with van der Waals surface area (Å²) in [5, 5.41) is 15.2. The molecule has 0 spiro atoms. The van der Waals surface area contributed by atoms with E-state index in [0.29, 0.717) is 18.9 Å². The first-order chi connectivity index (χ1) is 11.8. The molecule has 0 saturated heterocycles. The van der Waals surface area contributed by atoms with Crippen molar-refractivity contribution >= 4 is 6.03 Å². The van der Waals surface area contributed by atoms with Crippen LogP contribution in [0.2, 0.25) is 0 Å². The van der Waals surface area contributed by atoms with Crippen LogP contribution in [0.4, 0.5) is 4.79 Å². The third kappa shape index (κ3) is 4.36. The van der Waals surface area contributed by atoms with Gasteiger partial charge in [-0.25, -0.2) is 4.79 Å². The van der Waals surface area contributed by atoms with Crippen molar-refractivity contribution < 1.29 is 9.90 Å². The van der Waals surface area contributed by atoms with Crippen LogP contribution in [0.25, 0.3) is 0 Å². The van der Waals surface area contributed by atoms with Crippen LogP contribution in [0.1, 0.15) is 35.8 Å². The van der Waals surface area contributed by atoms with Gasteiger partial charge in [-0.05, 0) is 24.0 Å². The van der Waals surface area contributed by atoms with Crippen LogP contribution in [0, 0.1) is 0 Å². The summed E-state index contributed by atoms with van der Waals surface area (Å²) in [6.45, 7) is 0.640. The molecule has 3 N–H and O–H groups in total. The summed E-state index contributed by atoms with van der Waals surface area (Å²) in [6, 6.07) is 20.4. The van der Waals surface area contributed by atoms with Crippen molar-refractivity contribution in [2.24, 2.45) is 0 Å². The van der Waals surface area contributed by atoms with Gasteiger partial charge in [-0.15, -0.1) is 0 Å². The first-order valence-corrected chi connectivity index (χ1v) is 8.53. The molecule has 2 amide bonds. The maximum absolute atomic E-state index is 12.1. The van der Waals surface area contributed by atoms with E-state index in [-0.39, 0.29) is 24.6 Å². The van der Waals surface area contributed by atoms with Crippen molar-refractivity contribution in [1.29, 1.82) is 0 Å². The van der Waals surface area contributed by atoms with Gasteiger partial charge in [0.2, 0.25) is 0 Å². The molecular formula is C20H24N2O2. The normalized spacial score (nSPS) is 20.2. The van der Waals surface area contributed by atoms with Crippen LogP contribution >= 0.6 is 0 Å². The van der Waals surface area contributed by atoms with Gasteiger partial charge in [0.1, 0.15) is 0 Å². The van der Waals surface area contributed by atoms with Crippen LogP contribution in [-0.2, 0) is 0 Å². The number of carbonyl (C=O) groups is 1. The van der Waals surface area contributed by atoms with E-state index in [1.807, 2.05) is 48.5 Å². The second kappa shape index (κ2) is 7.97. The fourth-order valence-electron chi connectivity index (χ4n) is 3.13. The highest BCUT2D eigenvalue weighted by atomic mass is 16.3. The molecule has 1 saturated carbocycles. The molecule has 4 heteroatoms. The zero-order chi connectivity index (χ0) is 16.8. The summed E-state index contributed by atoms with van der Waals surface area (Å²) < 4.78 is 0. The van der Waals surface area contributed by atoms with Crippen molar-refractivity contribution in [3.05, 3.63) is 71.8 Å². The molecule has 0 bridgehead atoms. The number of aliphatic hydroxyl groups is 1. The van der Waals surface area contributed by atoms with Crippen LogP contribution in [0.3, 0.4) is 0 Å². The lowest BCUT2D eigenvalue weighted by Crippen LogP contribution is -2.39. The SMILES string of the molecule is O=C(NCC(CCO)c1ccccc1)NC1CC1c1ccccc1. The molecular weight excluding hydrogens is 300 g/mol. The van der Waals surface area contributed by atoms with Gasteiger partial charge in [0.25, 0.3) is 0 Å². The maximum atomic E-state index is 12.1. The summed E-state index contributed by atoms with van der Waals surface area (Å²) >= 11 is 0. The Labute approximate surface area is 142 Å². The minimum atomic E-state index is -0.127. The number of carbonyl (C=O) groups excluding carboxylic acids is 1. The molecule has 2 aromatic rings. The number of amides is 2. The van der Waals surface area contributed by atoms with E-state index in [9.17, 15) is 9.90 Å². The van der Waals surface area contributed by atoms with Gasteiger partial charge in [0, 0.05) is 31.0 Å². The van der Waals surface area contributed by atoms with Crippen LogP contribution in [0.5, 0.6) is 0 Å². The second-order valence-corrected chi connectivity index (χ2v) is 6.33. The molecule has 126 valence electrons. The largest absolute Gasteiger partial charge is 0.396 e. The lowest BCUT2D eigenvalue weighted by molar-refractivity contribution is 0.237. The molecule has 24 heavy (non-hydrogen) atoms. The number of urea groups is 1. The topological polar surface area (TPSA) is 61.4 Å². The highest BCUT2D eigenvalue weighted by Gasteiger charge is 2.39. The van der Waals surface area contributed by atoms with Gasteiger partial charge in [0.05, 0.1) is 0 Å². The number of hydrogen-bond acceptors (Lipinski definition) is 2. The monoisotopic (exact) mass is 324 g/mol. The maximum Gasteiger partial charge on any atom is 0.315 e. The Bertz CT molecular complexity index is 645. The smallest absolute Gasteiger partial charge is 0.315 e. The van der Waals surface area contributed by atoms with Gasteiger partial charge in [-0.3, -0.25) is 0 Å². The lowest BCUT2D eigenvalue weighted by atomic mass is 9.96. The standard InChI is InChI=1S/C20H24N2O2/c23-12-11-17(15-7-3-1-4-8-15)14-21-20(24)22-19-13-18(19)16-9-5-2-6-10-16/h1-10,17-19,23H,11-14H2,(H2,21,22,24). The van der Waals surface area contributed by atoms with E-state index in [0.717, 1.165) is 12.0 Å². The summed E-state index contributed by atoms with van der Waals surface area (Å²) in [6.07, 6.45) is 1.64.